The molecule has 6 heteroatoms. The van der Waals surface area contributed by atoms with Crippen molar-refractivity contribution < 1.29 is 19.1 Å². The summed E-state index contributed by atoms with van der Waals surface area (Å²) in [6.45, 7) is 17.9. The zero-order valence-electron chi connectivity index (χ0n) is 15.2. The molecule has 4 nitrogen and oxygen atoms in total. The van der Waals surface area contributed by atoms with Crippen LogP contribution in [0.4, 0.5) is 0 Å². The summed E-state index contributed by atoms with van der Waals surface area (Å²) < 4.78 is 17.8. The molecule has 0 radical (unpaired) electrons. The number of rotatable bonds is 6. The van der Waals surface area contributed by atoms with Gasteiger partial charge >= 0.3 is 14.4 Å². The molecule has 122 valence electrons. The molecule has 0 aromatic heterocycles. The van der Waals surface area contributed by atoms with Crippen LogP contribution in [0.5, 0.6) is 0 Å². The van der Waals surface area contributed by atoms with Crippen molar-refractivity contribution in [2.75, 3.05) is 0 Å². The van der Waals surface area contributed by atoms with E-state index in [0.717, 1.165) is 6.42 Å². The number of hydrogen-bond acceptors (Lipinski definition) is 4. The van der Waals surface area contributed by atoms with E-state index in [1.165, 1.54) is 0 Å². The Hall–Kier alpha value is -0.0301. The molecule has 0 bridgehead atoms. The first kappa shape index (κ1) is 19.0. The number of hydrogen-bond donors (Lipinski definition) is 1. The van der Waals surface area contributed by atoms with Crippen molar-refractivity contribution in [1.29, 1.82) is 0 Å². The Bertz CT molecular complexity index is 351. The minimum Gasteiger partial charge on any atom is -0.434 e. The summed E-state index contributed by atoms with van der Waals surface area (Å²) in [4.78, 5) is 0. The fourth-order valence-electron chi connectivity index (χ4n) is 2.45. The first-order valence-electron chi connectivity index (χ1n) is 7.99. The van der Waals surface area contributed by atoms with Crippen LogP contribution in [0, 0.1) is 5.92 Å². The molecule has 0 spiro atoms. The van der Waals surface area contributed by atoms with Gasteiger partial charge in [0, 0.05) is 0 Å². The molecule has 0 amide bonds. The average Bonchev–Trinajstić information content (AvgIpc) is 2.54. The summed E-state index contributed by atoms with van der Waals surface area (Å²) in [7, 11) is -0.0890. The Morgan fingerprint density at radius 1 is 1.14 bits per heavy atom. The van der Waals surface area contributed by atoms with Gasteiger partial charge in [0.05, 0.1) is 22.4 Å². The van der Waals surface area contributed by atoms with Crippen molar-refractivity contribution in [3.8, 4) is 0 Å². The van der Waals surface area contributed by atoms with E-state index < -0.39 is 18.2 Å². The van der Waals surface area contributed by atoms with Crippen molar-refractivity contribution in [1.82, 2.24) is 0 Å². The van der Waals surface area contributed by atoms with Crippen LogP contribution in [-0.4, -0.2) is 41.9 Å². The van der Waals surface area contributed by atoms with E-state index in [-0.39, 0.29) is 17.1 Å². The molecule has 0 aliphatic carbocycles. The quantitative estimate of drug-likeness (QED) is 0.765. The van der Waals surface area contributed by atoms with Crippen molar-refractivity contribution in [3.05, 3.63) is 0 Å². The molecule has 2 unspecified atom stereocenters. The highest BCUT2D eigenvalue weighted by atomic mass is 16.7. The molecule has 1 saturated heterocycles. The van der Waals surface area contributed by atoms with Crippen molar-refractivity contribution >= 4 is 14.4 Å². The predicted octanol–water partition coefficient (Wildman–Crippen LogP) is 2.52. The minimum atomic E-state index is -0.911. The Morgan fingerprint density at radius 3 is 1.95 bits per heavy atom. The fraction of sp³-hybridized carbons (Fsp3) is 1.00. The van der Waals surface area contributed by atoms with E-state index >= 15 is 0 Å². The molecular formula is C15H32B2O4. The maximum absolute atomic E-state index is 10.8. The molecule has 1 N–H and O–H groups in total. The second kappa shape index (κ2) is 5.88. The van der Waals surface area contributed by atoms with E-state index in [2.05, 4.69) is 6.92 Å². The maximum Gasteiger partial charge on any atom is 0.441 e. The lowest BCUT2D eigenvalue weighted by atomic mass is 9.55. The van der Waals surface area contributed by atoms with Gasteiger partial charge in [-0.2, -0.15) is 0 Å². The highest BCUT2D eigenvalue weighted by Gasteiger charge is 2.53. The van der Waals surface area contributed by atoms with Crippen LogP contribution in [0.3, 0.4) is 0 Å². The number of aliphatic hydroxyl groups is 1. The lowest BCUT2D eigenvalue weighted by Gasteiger charge is -2.44. The van der Waals surface area contributed by atoms with E-state index in [4.69, 9.17) is 14.0 Å². The van der Waals surface area contributed by atoms with Crippen molar-refractivity contribution in [2.45, 2.75) is 91.1 Å². The summed E-state index contributed by atoms with van der Waals surface area (Å²) >= 11 is 0. The van der Waals surface area contributed by atoms with Gasteiger partial charge in [0.25, 0.3) is 0 Å². The Morgan fingerprint density at radius 2 is 1.57 bits per heavy atom. The summed E-state index contributed by atoms with van der Waals surface area (Å²) in [5, 5.41) is 10.8. The summed E-state index contributed by atoms with van der Waals surface area (Å²) in [6, 6.07) is 0. The average molecular weight is 298 g/mol. The normalized spacial score (nSPS) is 25.5. The largest absolute Gasteiger partial charge is 0.441 e. The minimum absolute atomic E-state index is 0.144. The van der Waals surface area contributed by atoms with E-state index in [9.17, 15) is 5.11 Å². The van der Waals surface area contributed by atoms with Crippen LogP contribution in [0.15, 0.2) is 0 Å². The third-order valence-corrected chi connectivity index (χ3v) is 5.67. The second-order valence-electron chi connectivity index (χ2n) is 7.96. The molecule has 0 aromatic rings. The maximum atomic E-state index is 10.8. The SMILES string of the molecule is CCC(C)C(C)(O)C(C)(C)OBB1OC(C)(C)C(C)(C)O1. The standard InChI is InChI=1S/C15H32B2O4/c1-10-11(2)15(9,18)14(7,8)19-16-17-20-12(3,4)13(5,6)21-17/h11,16,18H,10H2,1-9H3. The van der Waals surface area contributed by atoms with Crippen LogP contribution < -0.4 is 0 Å². The topological polar surface area (TPSA) is 47.9 Å². The van der Waals surface area contributed by atoms with Gasteiger partial charge in [-0.15, -0.1) is 0 Å². The molecule has 21 heavy (non-hydrogen) atoms. The van der Waals surface area contributed by atoms with Crippen molar-refractivity contribution in [3.63, 3.8) is 0 Å². The third kappa shape index (κ3) is 3.66. The molecule has 1 heterocycles. The van der Waals surface area contributed by atoms with Crippen LogP contribution in [0.25, 0.3) is 0 Å². The molecule has 1 rings (SSSR count). The van der Waals surface area contributed by atoms with Crippen LogP contribution >= 0.6 is 0 Å². The third-order valence-electron chi connectivity index (χ3n) is 5.67. The summed E-state index contributed by atoms with van der Waals surface area (Å²) in [5.74, 6) is 0.144. The molecule has 1 aliphatic rings. The van der Waals surface area contributed by atoms with Crippen LogP contribution in [0.2, 0.25) is 0 Å². The molecular weight excluding hydrogens is 266 g/mol. The highest BCUT2D eigenvalue weighted by molar-refractivity contribution is 7.03. The Balaban J connectivity index is 2.67. The van der Waals surface area contributed by atoms with Gasteiger partial charge in [-0.1, -0.05) is 20.3 Å². The highest BCUT2D eigenvalue weighted by Crippen LogP contribution is 2.38. The van der Waals surface area contributed by atoms with E-state index in [0.29, 0.717) is 7.37 Å². The Labute approximate surface area is 131 Å². The van der Waals surface area contributed by atoms with Gasteiger partial charge < -0.3 is 19.1 Å². The van der Waals surface area contributed by atoms with Crippen LogP contribution in [0.1, 0.15) is 68.7 Å². The van der Waals surface area contributed by atoms with E-state index in [1.807, 2.05) is 55.4 Å². The molecule has 2 atom stereocenters. The molecule has 1 fully saturated rings. The first-order valence-corrected chi connectivity index (χ1v) is 7.99. The van der Waals surface area contributed by atoms with Gasteiger partial charge in [0.1, 0.15) is 0 Å². The molecule has 0 aromatic carbocycles. The summed E-state index contributed by atoms with van der Waals surface area (Å²) in [6.07, 6.45) is 0.899. The lowest BCUT2D eigenvalue weighted by Crippen LogP contribution is -2.55. The predicted molar refractivity (Wildman–Crippen MR) is 88.5 cm³/mol. The zero-order chi connectivity index (χ0) is 16.7. The second-order valence-corrected chi connectivity index (χ2v) is 7.96. The molecule has 1 aliphatic heterocycles. The molecule has 0 saturated carbocycles. The monoisotopic (exact) mass is 298 g/mol. The van der Waals surface area contributed by atoms with E-state index in [1.54, 1.807) is 0 Å². The smallest absolute Gasteiger partial charge is 0.434 e. The fourth-order valence-corrected chi connectivity index (χ4v) is 2.45. The Kier molecular flexibility index (Phi) is 5.32. The lowest BCUT2D eigenvalue weighted by molar-refractivity contribution is -0.134. The van der Waals surface area contributed by atoms with Gasteiger partial charge in [-0.25, -0.2) is 0 Å². The first-order chi connectivity index (χ1) is 9.27. The van der Waals surface area contributed by atoms with Gasteiger partial charge in [-0.3, -0.25) is 0 Å². The van der Waals surface area contributed by atoms with Gasteiger partial charge in [-0.05, 0) is 54.4 Å². The van der Waals surface area contributed by atoms with Crippen molar-refractivity contribution in [2.24, 2.45) is 5.92 Å². The van der Waals surface area contributed by atoms with Gasteiger partial charge in [0.2, 0.25) is 0 Å². The van der Waals surface area contributed by atoms with Crippen LogP contribution in [-0.2, 0) is 14.0 Å². The summed E-state index contributed by atoms with van der Waals surface area (Å²) in [5.41, 5.74) is -2.30. The zero-order valence-corrected chi connectivity index (χ0v) is 15.2. The van der Waals surface area contributed by atoms with Gasteiger partial charge in [0.15, 0.2) is 0 Å².